The first kappa shape index (κ1) is 15.1. The molecule has 1 aromatic carbocycles. The van der Waals surface area contributed by atoms with Crippen LogP contribution in [0.4, 0.5) is 13.2 Å². The Labute approximate surface area is 126 Å². The van der Waals surface area contributed by atoms with Gasteiger partial charge in [-0.1, -0.05) is 23.4 Å². The number of alkyl halides is 3. The van der Waals surface area contributed by atoms with Crippen LogP contribution in [0.3, 0.4) is 0 Å². The van der Waals surface area contributed by atoms with Crippen LogP contribution in [0.25, 0.3) is 0 Å². The first-order chi connectivity index (χ1) is 10.5. The fourth-order valence-electron chi connectivity index (χ4n) is 3.02. The van der Waals surface area contributed by atoms with E-state index in [1.165, 1.54) is 12.1 Å². The van der Waals surface area contributed by atoms with Crippen molar-refractivity contribution in [2.75, 3.05) is 6.54 Å². The zero-order valence-electron chi connectivity index (χ0n) is 11.9. The minimum atomic E-state index is -4.29. The van der Waals surface area contributed by atoms with Crippen LogP contribution in [0.1, 0.15) is 35.6 Å². The molecule has 0 saturated carbocycles. The van der Waals surface area contributed by atoms with Gasteiger partial charge in [0.2, 0.25) is 0 Å². The maximum atomic E-state index is 12.8. The van der Waals surface area contributed by atoms with Gasteiger partial charge in [0, 0.05) is 18.0 Å². The minimum absolute atomic E-state index is 0.146. The third kappa shape index (κ3) is 3.50. The Morgan fingerprint density at radius 3 is 2.86 bits per heavy atom. The van der Waals surface area contributed by atoms with Crippen molar-refractivity contribution >= 4 is 0 Å². The van der Waals surface area contributed by atoms with Crippen LogP contribution < -0.4 is 5.32 Å². The van der Waals surface area contributed by atoms with E-state index in [2.05, 4.69) is 10.5 Å². The summed E-state index contributed by atoms with van der Waals surface area (Å²) in [6.45, 7) is 0.828. The summed E-state index contributed by atoms with van der Waals surface area (Å²) >= 11 is 0. The van der Waals surface area contributed by atoms with Crippen LogP contribution in [0.15, 0.2) is 41.1 Å². The molecule has 1 aliphatic rings. The van der Waals surface area contributed by atoms with Gasteiger partial charge in [-0.05, 0) is 37.4 Å². The topological polar surface area (TPSA) is 38.1 Å². The first-order valence-electron chi connectivity index (χ1n) is 7.32. The molecule has 22 heavy (non-hydrogen) atoms. The van der Waals surface area contributed by atoms with E-state index in [1.54, 1.807) is 12.3 Å². The van der Waals surface area contributed by atoms with Crippen LogP contribution in [-0.4, -0.2) is 17.7 Å². The molecular formula is C16H17F3N2O. The highest BCUT2D eigenvalue weighted by atomic mass is 19.4. The number of nitrogens with one attached hydrogen (secondary N) is 1. The molecular weight excluding hydrogens is 293 g/mol. The van der Waals surface area contributed by atoms with E-state index in [4.69, 9.17) is 4.52 Å². The number of hydrogen-bond acceptors (Lipinski definition) is 3. The number of piperidine rings is 1. The Kier molecular flexibility index (Phi) is 4.20. The number of hydrogen-bond donors (Lipinski definition) is 1. The smallest absolute Gasteiger partial charge is 0.361 e. The molecule has 0 aliphatic carbocycles. The van der Waals surface area contributed by atoms with E-state index in [-0.39, 0.29) is 12.0 Å². The minimum Gasteiger partial charge on any atom is -0.361 e. The van der Waals surface area contributed by atoms with E-state index in [9.17, 15) is 13.2 Å². The molecule has 1 aromatic heterocycles. The molecule has 1 saturated heterocycles. The molecule has 118 valence electrons. The maximum Gasteiger partial charge on any atom is 0.416 e. The number of benzene rings is 1. The Bertz CT molecular complexity index is 610. The van der Waals surface area contributed by atoms with Gasteiger partial charge < -0.3 is 9.84 Å². The summed E-state index contributed by atoms with van der Waals surface area (Å²) in [6, 6.07) is 7.56. The number of aromatic nitrogens is 1. The van der Waals surface area contributed by atoms with Gasteiger partial charge in [-0.15, -0.1) is 0 Å². The van der Waals surface area contributed by atoms with Crippen LogP contribution in [-0.2, 0) is 12.6 Å². The van der Waals surface area contributed by atoms with E-state index in [1.807, 2.05) is 6.07 Å². The van der Waals surface area contributed by atoms with Crippen molar-refractivity contribution in [2.24, 2.45) is 0 Å². The van der Waals surface area contributed by atoms with Gasteiger partial charge >= 0.3 is 6.18 Å². The summed E-state index contributed by atoms with van der Waals surface area (Å²) in [7, 11) is 0. The summed E-state index contributed by atoms with van der Waals surface area (Å²) < 4.78 is 43.5. The van der Waals surface area contributed by atoms with Crippen LogP contribution in [0.5, 0.6) is 0 Å². The molecule has 1 aliphatic heterocycles. The Morgan fingerprint density at radius 1 is 1.27 bits per heavy atom. The lowest BCUT2D eigenvalue weighted by molar-refractivity contribution is -0.137. The molecule has 2 aromatic rings. The zero-order chi connectivity index (χ0) is 15.6. The summed E-state index contributed by atoms with van der Waals surface area (Å²) in [4.78, 5) is 0. The van der Waals surface area contributed by atoms with E-state index in [0.29, 0.717) is 12.0 Å². The van der Waals surface area contributed by atoms with Gasteiger partial charge in [-0.2, -0.15) is 13.2 Å². The zero-order valence-corrected chi connectivity index (χ0v) is 11.9. The monoisotopic (exact) mass is 310 g/mol. The second-order valence-corrected chi connectivity index (χ2v) is 5.69. The lowest BCUT2D eigenvalue weighted by atomic mass is 9.87. The molecule has 3 nitrogen and oxygen atoms in total. The van der Waals surface area contributed by atoms with Gasteiger partial charge in [0.1, 0.15) is 5.76 Å². The highest BCUT2D eigenvalue weighted by Gasteiger charge is 2.31. The van der Waals surface area contributed by atoms with Crippen LogP contribution in [0.2, 0.25) is 0 Å². The van der Waals surface area contributed by atoms with Crippen molar-refractivity contribution in [3.8, 4) is 0 Å². The second kappa shape index (κ2) is 6.12. The Morgan fingerprint density at radius 2 is 2.14 bits per heavy atom. The fraction of sp³-hybridized carbons (Fsp3) is 0.438. The molecule has 1 N–H and O–H groups in total. The average molecular weight is 310 g/mol. The van der Waals surface area contributed by atoms with Gasteiger partial charge in [-0.25, -0.2) is 0 Å². The second-order valence-electron chi connectivity index (χ2n) is 5.69. The maximum absolute atomic E-state index is 12.8. The summed E-state index contributed by atoms with van der Waals surface area (Å²) in [5.41, 5.74) is 0.109. The SMILES string of the molecule is FC(F)(F)c1cccc(C[C@@H]2C[C@H](c3ccno3)CCN2)c1. The largest absolute Gasteiger partial charge is 0.416 e. The van der Waals surface area contributed by atoms with Gasteiger partial charge in [0.15, 0.2) is 0 Å². The quantitative estimate of drug-likeness (QED) is 0.938. The number of nitrogens with zero attached hydrogens (tertiary/aromatic N) is 1. The third-order valence-electron chi connectivity index (χ3n) is 4.09. The van der Waals surface area contributed by atoms with Crippen LogP contribution >= 0.6 is 0 Å². The predicted octanol–water partition coefficient (Wildman–Crippen LogP) is 3.77. The molecule has 3 rings (SSSR count). The van der Waals surface area contributed by atoms with Crippen molar-refractivity contribution in [1.82, 2.24) is 10.5 Å². The molecule has 0 amide bonds. The van der Waals surface area contributed by atoms with E-state index in [0.717, 1.165) is 31.2 Å². The van der Waals surface area contributed by atoms with E-state index >= 15 is 0 Å². The van der Waals surface area contributed by atoms with Crippen molar-refractivity contribution in [2.45, 2.75) is 37.4 Å². The standard InChI is InChI=1S/C16H17F3N2O/c17-16(18,19)13-3-1-2-11(8-13)9-14-10-12(4-6-20-14)15-5-7-21-22-15/h1-3,5,7-8,12,14,20H,4,6,9-10H2/t12-,14-/m1/s1. The summed E-state index contributed by atoms with van der Waals surface area (Å²) in [6.07, 6.45) is -0.300. The normalized spacial score (nSPS) is 22.7. The molecule has 6 heteroatoms. The molecule has 0 spiro atoms. The van der Waals surface area contributed by atoms with Crippen molar-refractivity contribution < 1.29 is 17.7 Å². The summed E-state index contributed by atoms with van der Waals surface area (Å²) in [5, 5.41) is 7.10. The average Bonchev–Trinajstić information content (AvgIpc) is 3.01. The summed E-state index contributed by atoms with van der Waals surface area (Å²) in [5.74, 6) is 1.13. The third-order valence-corrected chi connectivity index (χ3v) is 4.09. The van der Waals surface area contributed by atoms with Crippen molar-refractivity contribution in [3.63, 3.8) is 0 Å². The number of rotatable bonds is 3. The van der Waals surface area contributed by atoms with Crippen LogP contribution in [0, 0.1) is 0 Å². The van der Waals surface area contributed by atoms with Gasteiger partial charge in [0.25, 0.3) is 0 Å². The lowest BCUT2D eigenvalue weighted by Crippen LogP contribution is -2.38. The predicted molar refractivity (Wildman–Crippen MR) is 75.4 cm³/mol. The van der Waals surface area contributed by atoms with E-state index < -0.39 is 11.7 Å². The molecule has 0 bridgehead atoms. The fourth-order valence-corrected chi connectivity index (χ4v) is 3.02. The molecule has 2 atom stereocenters. The van der Waals surface area contributed by atoms with Gasteiger partial charge in [0.05, 0.1) is 11.8 Å². The Balaban J connectivity index is 1.68. The molecule has 2 heterocycles. The highest BCUT2D eigenvalue weighted by molar-refractivity contribution is 5.26. The number of halogens is 3. The lowest BCUT2D eigenvalue weighted by Gasteiger charge is -2.29. The first-order valence-corrected chi connectivity index (χ1v) is 7.32. The van der Waals surface area contributed by atoms with Crippen molar-refractivity contribution in [1.29, 1.82) is 0 Å². The molecule has 1 fully saturated rings. The van der Waals surface area contributed by atoms with Crippen molar-refractivity contribution in [3.05, 3.63) is 53.4 Å². The molecule has 0 radical (unpaired) electrons. The van der Waals surface area contributed by atoms with Gasteiger partial charge in [-0.3, -0.25) is 0 Å². The highest BCUT2D eigenvalue weighted by Crippen LogP contribution is 2.31. The Hall–Kier alpha value is -1.82. The molecule has 0 unspecified atom stereocenters.